The van der Waals surface area contributed by atoms with Crippen LogP contribution < -0.4 is 10.1 Å². The van der Waals surface area contributed by atoms with Gasteiger partial charge < -0.3 is 15.2 Å². The molecule has 0 unspecified atom stereocenters. The molecule has 1 saturated carbocycles. The molecule has 1 aromatic rings. The van der Waals surface area contributed by atoms with Crippen LogP contribution in [0.3, 0.4) is 0 Å². The molecule has 1 aliphatic carbocycles. The second-order valence-corrected chi connectivity index (χ2v) is 4.88. The third kappa shape index (κ3) is 3.81. The topological polar surface area (TPSA) is 84.3 Å². The molecule has 0 bridgehead atoms. The second-order valence-electron chi connectivity index (χ2n) is 4.88. The van der Waals surface area contributed by atoms with Gasteiger partial charge >= 0.3 is 5.97 Å². The fourth-order valence-corrected chi connectivity index (χ4v) is 2.41. The summed E-state index contributed by atoms with van der Waals surface area (Å²) in [4.78, 5) is 18.9. The quantitative estimate of drug-likeness (QED) is 0.844. The Balaban J connectivity index is 1.78. The molecule has 0 amide bonds. The molecule has 19 heavy (non-hydrogen) atoms. The summed E-state index contributed by atoms with van der Waals surface area (Å²) in [5.74, 6) is 0.971. The molecule has 0 spiro atoms. The van der Waals surface area contributed by atoms with Crippen molar-refractivity contribution in [3.63, 3.8) is 0 Å². The van der Waals surface area contributed by atoms with Crippen LogP contribution in [0.15, 0.2) is 12.4 Å². The predicted molar refractivity (Wildman–Crippen MR) is 70.2 cm³/mol. The second kappa shape index (κ2) is 6.36. The Morgan fingerprint density at radius 1 is 1.42 bits per heavy atom. The van der Waals surface area contributed by atoms with Crippen LogP contribution in [0.5, 0.6) is 5.88 Å². The van der Waals surface area contributed by atoms with E-state index < -0.39 is 5.97 Å². The first-order chi connectivity index (χ1) is 9.19. The van der Waals surface area contributed by atoms with Crippen LogP contribution in [0.25, 0.3) is 0 Å². The Morgan fingerprint density at radius 3 is 2.79 bits per heavy atom. The Hall–Kier alpha value is -1.85. The lowest BCUT2D eigenvalue weighted by atomic mass is 9.82. The first-order valence-corrected chi connectivity index (χ1v) is 6.51. The van der Waals surface area contributed by atoms with Gasteiger partial charge in [-0.05, 0) is 31.6 Å². The number of carboxylic acids is 1. The number of nitrogens with zero attached hydrogens (tertiary/aromatic N) is 2. The number of anilines is 1. The molecule has 2 rings (SSSR count). The summed E-state index contributed by atoms with van der Waals surface area (Å²) in [6.07, 6.45) is 4.91. The highest BCUT2D eigenvalue weighted by Gasteiger charge is 2.25. The molecule has 1 fully saturated rings. The van der Waals surface area contributed by atoms with Crippen molar-refractivity contribution in [1.29, 1.82) is 0 Å². The molecule has 104 valence electrons. The normalized spacial score (nSPS) is 22.8. The van der Waals surface area contributed by atoms with Crippen LogP contribution in [-0.4, -0.2) is 34.7 Å². The average molecular weight is 265 g/mol. The number of aromatic nitrogens is 2. The molecule has 1 heterocycles. The third-order valence-electron chi connectivity index (χ3n) is 3.62. The van der Waals surface area contributed by atoms with Crippen LogP contribution in [0, 0.1) is 11.8 Å². The summed E-state index contributed by atoms with van der Waals surface area (Å²) in [6, 6.07) is 1.75. The number of aliphatic carboxylic acids is 1. The minimum absolute atomic E-state index is 0.157. The first kappa shape index (κ1) is 13.6. The summed E-state index contributed by atoms with van der Waals surface area (Å²) in [7, 11) is 1.57. The molecular formula is C13H19N3O3. The van der Waals surface area contributed by atoms with E-state index >= 15 is 0 Å². The van der Waals surface area contributed by atoms with Crippen molar-refractivity contribution in [3.05, 3.63) is 12.4 Å². The zero-order valence-corrected chi connectivity index (χ0v) is 11.0. The number of carbonyl (C=O) groups is 1. The number of carboxylic acid groups (broad SMARTS) is 1. The maximum absolute atomic E-state index is 10.9. The van der Waals surface area contributed by atoms with Crippen molar-refractivity contribution < 1.29 is 14.6 Å². The molecule has 0 aliphatic heterocycles. The Labute approximate surface area is 112 Å². The lowest BCUT2D eigenvalue weighted by Gasteiger charge is -2.26. The van der Waals surface area contributed by atoms with E-state index in [1.165, 1.54) is 6.33 Å². The maximum Gasteiger partial charge on any atom is 0.306 e. The molecule has 0 aromatic carbocycles. The van der Waals surface area contributed by atoms with Crippen molar-refractivity contribution in [2.24, 2.45) is 11.8 Å². The van der Waals surface area contributed by atoms with Crippen LogP contribution in [0.1, 0.15) is 25.7 Å². The SMILES string of the molecule is COc1cc(NCC2CCC(C(=O)O)CC2)ncn1. The fourth-order valence-electron chi connectivity index (χ4n) is 2.41. The maximum atomic E-state index is 10.9. The number of ether oxygens (including phenoxy) is 1. The Bertz CT molecular complexity index is 431. The van der Waals surface area contributed by atoms with Gasteiger partial charge in [0.15, 0.2) is 0 Å². The number of nitrogens with one attached hydrogen (secondary N) is 1. The number of methoxy groups -OCH3 is 1. The number of hydrogen-bond acceptors (Lipinski definition) is 5. The highest BCUT2D eigenvalue weighted by Crippen LogP contribution is 2.29. The molecule has 1 aliphatic rings. The lowest BCUT2D eigenvalue weighted by Crippen LogP contribution is -2.25. The van der Waals surface area contributed by atoms with Crippen molar-refractivity contribution in [2.75, 3.05) is 19.0 Å². The zero-order valence-electron chi connectivity index (χ0n) is 11.0. The van der Waals surface area contributed by atoms with Gasteiger partial charge in [-0.1, -0.05) is 0 Å². The minimum Gasteiger partial charge on any atom is -0.481 e. The smallest absolute Gasteiger partial charge is 0.306 e. The lowest BCUT2D eigenvalue weighted by molar-refractivity contribution is -0.143. The fraction of sp³-hybridized carbons (Fsp3) is 0.615. The van der Waals surface area contributed by atoms with Crippen LogP contribution >= 0.6 is 0 Å². The highest BCUT2D eigenvalue weighted by molar-refractivity contribution is 5.70. The Kier molecular flexibility index (Phi) is 4.54. The van der Waals surface area contributed by atoms with E-state index in [1.54, 1.807) is 13.2 Å². The summed E-state index contributed by atoms with van der Waals surface area (Å²) in [5, 5.41) is 12.2. The molecule has 6 nitrogen and oxygen atoms in total. The number of rotatable bonds is 5. The molecule has 1 aromatic heterocycles. The van der Waals surface area contributed by atoms with Crippen LogP contribution in [-0.2, 0) is 4.79 Å². The minimum atomic E-state index is -0.660. The van der Waals surface area contributed by atoms with E-state index in [2.05, 4.69) is 15.3 Å². The van der Waals surface area contributed by atoms with Gasteiger partial charge in [-0.15, -0.1) is 0 Å². The summed E-state index contributed by atoms with van der Waals surface area (Å²) < 4.78 is 5.03. The van der Waals surface area contributed by atoms with Gasteiger partial charge in [0.25, 0.3) is 0 Å². The number of hydrogen-bond donors (Lipinski definition) is 2. The molecule has 2 N–H and O–H groups in total. The predicted octanol–water partition coefficient (Wildman–Crippen LogP) is 1.79. The summed E-state index contributed by atoms with van der Waals surface area (Å²) in [5.41, 5.74) is 0. The Morgan fingerprint density at radius 2 is 2.16 bits per heavy atom. The van der Waals surface area contributed by atoms with Gasteiger partial charge in [0.05, 0.1) is 13.0 Å². The molecule has 6 heteroatoms. The average Bonchev–Trinajstić information content (AvgIpc) is 2.46. The molecular weight excluding hydrogens is 246 g/mol. The van der Waals surface area contributed by atoms with Gasteiger partial charge in [-0.2, -0.15) is 0 Å². The van der Waals surface area contributed by atoms with Crippen molar-refractivity contribution in [3.8, 4) is 5.88 Å². The third-order valence-corrected chi connectivity index (χ3v) is 3.62. The van der Waals surface area contributed by atoms with E-state index in [0.29, 0.717) is 11.8 Å². The largest absolute Gasteiger partial charge is 0.481 e. The molecule has 0 atom stereocenters. The highest BCUT2D eigenvalue weighted by atomic mass is 16.5. The van der Waals surface area contributed by atoms with Gasteiger partial charge in [-0.25, -0.2) is 9.97 Å². The van der Waals surface area contributed by atoms with Crippen molar-refractivity contribution >= 4 is 11.8 Å². The molecule has 0 radical (unpaired) electrons. The zero-order chi connectivity index (χ0) is 13.7. The van der Waals surface area contributed by atoms with Crippen LogP contribution in [0.2, 0.25) is 0 Å². The van der Waals surface area contributed by atoms with E-state index in [-0.39, 0.29) is 5.92 Å². The first-order valence-electron chi connectivity index (χ1n) is 6.51. The van der Waals surface area contributed by atoms with Gasteiger partial charge in [-0.3, -0.25) is 4.79 Å². The molecule has 0 saturated heterocycles. The van der Waals surface area contributed by atoms with E-state index in [1.807, 2.05) is 0 Å². The van der Waals surface area contributed by atoms with Gasteiger partial charge in [0, 0.05) is 12.6 Å². The standard InChI is InChI=1S/C13H19N3O3/c1-19-12-6-11(15-8-16-12)14-7-9-2-4-10(5-3-9)13(17)18/h6,8-10H,2-5,7H2,1H3,(H,17,18)(H,14,15,16). The van der Waals surface area contributed by atoms with E-state index in [4.69, 9.17) is 9.84 Å². The summed E-state index contributed by atoms with van der Waals surface area (Å²) >= 11 is 0. The van der Waals surface area contributed by atoms with E-state index in [9.17, 15) is 4.79 Å². The van der Waals surface area contributed by atoms with E-state index in [0.717, 1.165) is 38.0 Å². The monoisotopic (exact) mass is 265 g/mol. The summed E-state index contributed by atoms with van der Waals surface area (Å²) in [6.45, 7) is 0.812. The van der Waals surface area contributed by atoms with Crippen molar-refractivity contribution in [1.82, 2.24) is 9.97 Å². The van der Waals surface area contributed by atoms with Crippen LogP contribution in [0.4, 0.5) is 5.82 Å². The van der Waals surface area contributed by atoms with Crippen molar-refractivity contribution in [2.45, 2.75) is 25.7 Å². The van der Waals surface area contributed by atoms with Gasteiger partial charge in [0.1, 0.15) is 12.1 Å². The van der Waals surface area contributed by atoms with Gasteiger partial charge in [0.2, 0.25) is 5.88 Å².